The topological polar surface area (TPSA) is 231 Å². The number of allylic oxidation sites excluding steroid dienone is 32. The molecular formula is C95H156O16P2. The average Bonchev–Trinajstić information content (AvgIpc) is 0.899. The molecule has 0 saturated heterocycles. The highest BCUT2D eigenvalue weighted by Crippen LogP contribution is 2.45. The van der Waals surface area contributed by atoms with E-state index in [-0.39, 0.29) is 19.3 Å². The van der Waals surface area contributed by atoms with Crippen LogP contribution in [0.5, 0.6) is 0 Å². The minimum atomic E-state index is -4.97. The van der Waals surface area contributed by atoms with E-state index in [0.717, 1.165) is 154 Å². The maximum Gasteiger partial charge on any atom is 0.472 e. The Morgan fingerprint density at radius 3 is 0.779 bits per heavy atom. The zero-order valence-corrected chi connectivity index (χ0v) is 72.3. The van der Waals surface area contributed by atoms with Crippen LogP contribution in [0.25, 0.3) is 0 Å². The predicted octanol–water partition coefficient (Wildman–Crippen LogP) is 26.7. The Morgan fingerprint density at radius 1 is 0.257 bits per heavy atom. The van der Waals surface area contributed by atoms with Gasteiger partial charge in [-0.3, -0.25) is 32.5 Å². The Kier molecular flexibility index (Phi) is 81.5. The first kappa shape index (κ1) is 107. The van der Waals surface area contributed by atoms with Gasteiger partial charge in [0.05, 0.1) is 26.4 Å². The smallest absolute Gasteiger partial charge is 0.463 e. The van der Waals surface area contributed by atoms with Crippen molar-refractivity contribution in [2.24, 2.45) is 0 Å². The Morgan fingerprint density at radius 2 is 0.487 bits per heavy atom. The molecule has 0 spiro atoms. The average molecular weight is 1620 g/mol. The van der Waals surface area contributed by atoms with Crippen LogP contribution < -0.4 is 0 Å². The maximum absolute atomic E-state index is 13.0. The van der Waals surface area contributed by atoms with Crippen LogP contribution in [0.4, 0.5) is 0 Å². The molecule has 5 unspecified atom stereocenters. The van der Waals surface area contributed by atoms with Crippen LogP contribution in [-0.2, 0) is 55.8 Å². The van der Waals surface area contributed by atoms with E-state index in [1.807, 2.05) is 18.2 Å². The molecular weight excluding hydrogens is 1460 g/mol. The Hall–Kier alpha value is -5.61. The summed E-state index contributed by atoms with van der Waals surface area (Å²) in [5.41, 5.74) is 0. The van der Waals surface area contributed by atoms with E-state index < -0.39 is 91.5 Å². The molecule has 0 fully saturated rings. The zero-order valence-electron chi connectivity index (χ0n) is 70.5. The fourth-order valence-corrected chi connectivity index (χ4v) is 12.8. The number of ether oxygens (including phenoxy) is 3. The molecule has 113 heavy (non-hydrogen) atoms. The minimum Gasteiger partial charge on any atom is -0.463 e. The van der Waals surface area contributed by atoms with E-state index in [0.29, 0.717) is 25.7 Å². The maximum atomic E-state index is 13.0. The number of esters is 3. The molecule has 0 aromatic carbocycles. The lowest BCUT2D eigenvalue weighted by atomic mass is 10.0. The molecule has 0 aliphatic rings. The molecule has 0 radical (unpaired) electrons. The van der Waals surface area contributed by atoms with Gasteiger partial charge in [-0.25, -0.2) is 9.13 Å². The van der Waals surface area contributed by atoms with Crippen LogP contribution in [0.3, 0.4) is 0 Å². The molecule has 5 atom stereocenters. The second kappa shape index (κ2) is 85.8. The number of aliphatic hydroxyl groups is 2. The van der Waals surface area contributed by atoms with E-state index in [2.05, 4.69) is 197 Å². The summed E-state index contributed by atoms with van der Waals surface area (Å²) in [4.78, 5) is 58.8. The lowest BCUT2D eigenvalue weighted by Crippen LogP contribution is -2.29. The summed E-state index contributed by atoms with van der Waals surface area (Å²) in [7, 11) is -9.84. The summed E-state index contributed by atoms with van der Waals surface area (Å²) < 4.78 is 61.2. The fraction of sp³-hybridized carbons (Fsp3) is 0.632. The number of aliphatic hydroxyl groups excluding tert-OH is 2. The third-order valence-corrected chi connectivity index (χ3v) is 19.7. The van der Waals surface area contributed by atoms with Crippen LogP contribution in [0.2, 0.25) is 0 Å². The third kappa shape index (κ3) is 87.1. The van der Waals surface area contributed by atoms with Crippen molar-refractivity contribution in [1.29, 1.82) is 0 Å². The predicted molar refractivity (Wildman–Crippen MR) is 472 cm³/mol. The van der Waals surface area contributed by atoms with Crippen molar-refractivity contribution in [2.75, 3.05) is 39.6 Å². The number of carbonyl (C=O) groups excluding carboxylic acids is 3. The van der Waals surface area contributed by atoms with Crippen molar-refractivity contribution in [1.82, 2.24) is 0 Å². The van der Waals surface area contributed by atoms with Gasteiger partial charge in [0.25, 0.3) is 0 Å². The fourth-order valence-electron chi connectivity index (χ4n) is 11.2. The molecule has 0 rings (SSSR count). The van der Waals surface area contributed by atoms with Gasteiger partial charge in [0, 0.05) is 19.3 Å². The van der Waals surface area contributed by atoms with Gasteiger partial charge >= 0.3 is 33.6 Å². The van der Waals surface area contributed by atoms with E-state index in [9.17, 15) is 43.5 Å². The molecule has 0 aliphatic carbocycles. The summed E-state index contributed by atoms with van der Waals surface area (Å²) in [5.74, 6) is -1.69. The second-order valence-electron chi connectivity index (χ2n) is 28.6. The summed E-state index contributed by atoms with van der Waals surface area (Å²) in [6, 6.07) is 0. The molecule has 4 N–H and O–H groups in total. The molecule has 0 saturated carbocycles. The van der Waals surface area contributed by atoms with Crippen molar-refractivity contribution < 1.29 is 75.8 Å². The van der Waals surface area contributed by atoms with Gasteiger partial charge in [0.2, 0.25) is 0 Å². The molecule has 0 aromatic rings. The molecule has 0 amide bonds. The normalized spacial score (nSPS) is 14.8. The highest BCUT2D eigenvalue weighted by Gasteiger charge is 2.29. The van der Waals surface area contributed by atoms with Crippen LogP contribution >= 0.6 is 15.6 Å². The SMILES string of the molecule is CC/C=C\C/C=C\C/C=C\C/C=C\C/C=C\C/C=C\CCCCCCCCCCCCCCCCCCC(=O)OCC(O)COP(=O)(O)OCC(O)COP(=O)(O)OCC(COC(=O)CCCCCCCCC/C=C\C/C=C\C/C=C\C/C=C\CCCCC)OC(=O)CC/C=C\C/C=C\C/C=C\C/C=C\C/C=C\C/C=C\CC. The second-order valence-corrected chi connectivity index (χ2v) is 31.5. The molecule has 0 bridgehead atoms. The standard InChI is InChI=1S/C95H156O16P2/c1-4-7-10-13-16-19-22-25-28-31-34-36-38-39-40-41-42-43-44-45-46-47-48-49-51-53-55-57-60-63-66-69-72-75-78-81-93(98)105-84-90(96)85-107-112(101,102)108-86-91(97)87-109-113(103,104)110-89-92(111-95(100)83-80-77-74-71-68-65-62-59-54-33-30-27-24-21-18-15-12-9-6-3)88-106-94(99)82-79-76-73-70-67-64-61-58-56-52-50-37-35-32-29-26-23-20-17-14-11-8-5-2/h7,9-10,12,16-21,25-30,34-37,39-40,42-43,52,54,56,59,65,68,74,77,90-92,96-97H,4-6,8,11,13-15,22-24,31-33,38,41,44-51,53,55,57-58,60-64,66-67,69-73,75-76,78-89H2,1-3H3,(H,101,102)(H,103,104)/b10-7-,12-9-,19-16-,20-17-,21-18-,28-25-,29-26-,30-27-,36-34-,37-35-,40-39-,43-42-,56-52-,59-54-,68-65-,77-74-. The minimum absolute atomic E-state index is 0.0294. The van der Waals surface area contributed by atoms with Crippen LogP contribution in [0.1, 0.15) is 329 Å². The van der Waals surface area contributed by atoms with E-state index in [4.69, 9.17) is 32.3 Å². The largest absolute Gasteiger partial charge is 0.472 e. The van der Waals surface area contributed by atoms with Gasteiger partial charge in [-0.15, -0.1) is 0 Å². The van der Waals surface area contributed by atoms with E-state index in [1.165, 1.54) is 109 Å². The number of unbranched alkanes of at least 4 members (excludes halogenated alkanes) is 26. The number of hydrogen-bond donors (Lipinski definition) is 4. The van der Waals surface area contributed by atoms with E-state index >= 15 is 0 Å². The Balaban J connectivity index is 4.57. The Labute approximate surface area is 687 Å². The van der Waals surface area contributed by atoms with E-state index in [1.54, 1.807) is 0 Å². The summed E-state index contributed by atoms with van der Waals surface area (Å²) in [6.45, 7) is 2.33. The first-order chi connectivity index (χ1) is 55.2. The first-order valence-electron chi connectivity index (χ1n) is 43.7. The number of rotatable bonds is 81. The summed E-state index contributed by atoms with van der Waals surface area (Å²) in [6.07, 6.45) is 114. The summed E-state index contributed by atoms with van der Waals surface area (Å²) in [5, 5.41) is 20.7. The van der Waals surface area contributed by atoms with Crippen LogP contribution in [0.15, 0.2) is 194 Å². The number of phosphoric acid groups is 2. The highest BCUT2D eigenvalue weighted by molar-refractivity contribution is 7.47. The summed E-state index contributed by atoms with van der Waals surface area (Å²) >= 11 is 0. The van der Waals surface area contributed by atoms with Gasteiger partial charge in [0.1, 0.15) is 25.4 Å². The van der Waals surface area contributed by atoms with Gasteiger partial charge in [-0.1, -0.05) is 350 Å². The first-order valence-corrected chi connectivity index (χ1v) is 46.7. The quantitative estimate of drug-likeness (QED) is 0.0146. The van der Waals surface area contributed by atoms with Crippen molar-refractivity contribution in [3.63, 3.8) is 0 Å². The van der Waals surface area contributed by atoms with Gasteiger partial charge in [-0.2, -0.15) is 0 Å². The molecule has 18 heteroatoms. The molecule has 0 aliphatic heterocycles. The molecule has 16 nitrogen and oxygen atoms in total. The number of hydrogen-bond acceptors (Lipinski definition) is 14. The van der Waals surface area contributed by atoms with Crippen LogP contribution in [0, 0.1) is 0 Å². The zero-order chi connectivity index (χ0) is 82.2. The van der Waals surface area contributed by atoms with Gasteiger partial charge in [-0.05, 0) is 154 Å². The molecule has 0 aromatic heterocycles. The van der Waals surface area contributed by atoms with Crippen LogP contribution in [-0.4, -0.2) is 95.9 Å². The van der Waals surface area contributed by atoms with Gasteiger partial charge in [0.15, 0.2) is 6.10 Å². The van der Waals surface area contributed by atoms with Crippen molar-refractivity contribution in [2.45, 2.75) is 347 Å². The van der Waals surface area contributed by atoms with Crippen molar-refractivity contribution in [3.8, 4) is 0 Å². The third-order valence-electron chi connectivity index (χ3n) is 17.8. The molecule has 642 valence electrons. The van der Waals surface area contributed by atoms with Crippen molar-refractivity contribution >= 4 is 33.6 Å². The number of carbonyl (C=O) groups is 3. The van der Waals surface area contributed by atoms with Gasteiger partial charge < -0.3 is 34.2 Å². The Bertz CT molecular complexity index is 2830. The monoisotopic (exact) mass is 1620 g/mol. The lowest BCUT2D eigenvalue weighted by Gasteiger charge is -2.21. The van der Waals surface area contributed by atoms with Crippen molar-refractivity contribution in [3.05, 3.63) is 194 Å². The number of phosphoric ester groups is 2. The molecule has 0 heterocycles. The lowest BCUT2D eigenvalue weighted by molar-refractivity contribution is -0.161. The highest BCUT2D eigenvalue weighted by atomic mass is 31.2.